The summed E-state index contributed by atoms with van der Waals surface area (Å²) in [4.78, 5) is 16.6. The number of carbonyl (C=O) groups excluding carboxylic acids is 1. The molecule has 2 aromatic rings. The highest BCUT2D eigenvalue weighted by atomic mass is 16.3. The van der Waals surface area contributed by atoms with Crippen LogP contribution >= 0.6 is 0 Å². The molecule has 2 rings (SSSR count). The van der Waals surface area contributed by atoms with Gasteiger partial charge in [-0.3, -0.25) is 9.79 Å². The molecule has 1 heterocycles. The Morgan fingerprint density at radius 2 is 1.79 bits per heavy atom. The quantitative estimate of drug-likeness (QED) is 0.353. The van der Waals surface area contributed by atoms with E-state index >= 15 is 0 Å². The number of furan rings is 1. The molecule has 0 saturated heterocycles. The van der Waals surface area contributed by atoms with Crippen molar-refractivity contribution in [2.45, 2.75) is 40.5 Å². The first kappa shape index (κ1) is 21.5. The first-order chi connectivity index (χ1) is 13.5. The first-order valence-electron chi connectivity index (χ1n) is 9.91. The van der Waals surface area contributed by atoms with E-state index in [1.807, 2.05) is 13.8 Å². The van der Waals surface area contributed by atoms with Crippen molar-refractivity contribution in [2.75, 3.05) is 26.2 Å². The van der Waals surface area contributed by atoms with E-state index < -0.39 is 0 Å². The number of carbonyl (C=O) groups is 1. The van der Waals surface area contributed by atoms with E-state index in [0.29, 0.717) is 18.8 Å². The lowest BCUT2D eigenvalue weighted by molar-refractivity contribution is 0.0925. The van der Waals surface area contributed by atoms with Gasteiger partial charge in [0.05, 0.1) is 6.26 Å². The second kappa shape index (κ2) is 11.2. The van der Waals surface area contributed by atoms with Crippen molar-refractivity contribution in [2.24, 2.45) is 4.99 Å². The van der Waals surface area contributed by atoms with Gasteiger partial charge in [0.1, 0.15) is 0 Å². The molecule has 1 aromatic carbocycles. The molecule has 28 heavy (non-hydrogen) atoms. The summed E-state index contributed by atoms with van der Waals surface area (Å²) in [7, 11) is 0. The van der Waals surface area contributed by atoms with Crippen LogP contribution in [0.2, 0.25) is 0 Å². The van der Waals surface area contributed by atoms with Crippen LogP contribution in [0.5, 0.6) is 0 Å². The van der Waals surface area contributed by atoms with Gasteiger partial charge in [-0.15, -0.1) is 0 Å². The molecule has 0 atom stereocenters. The average Bonchev–Trinajstić information content (AvgIpc) is 3.06. The number of nitrogens with one attached hydrogen (secondary N) is 3. The lowest BCUT2D eigenvalue weighted by Gasteiger charge is -2.12. The van der Waals surface area contributed by atoms with Crippen LogP contribution in [0.1, 0.15) is 46.2 Å². The topological polar surface area (TPSA) is 78.7 Å². The lowest BCUT2D eigenvalue weighted by atomic mass is 10.1. The van der Waals surface area contributed by atoms with Gasteiger partial charge in [0.25, 0.3) is 5.91 Å². The minimum Gasteiger partial charge on any atom is -0.459 e. The van der Waals surface area contributed by atoms with E-state index in [-0.39, 0.29) is 5.91 Å². The Morgan fingerprint density at radius 3 is 2.43 bits per heavy atom. The second-order valence-electron chi connectivity index (χ2n) is 6.98. The van der Waals surface area contributed by atoms with Crippen LogP contribution in [0.4, 0.5) is 0 Å². The summed E-state index contributed by atoms with van der Waals surface area (Å²) < 4.78 is 5.19. The van der Waals surface area contributed by atoms with Gasteiger partial charge in [0.2, 0.25) is 0 Å². The third-order valence-corrected chi connectivity index (χ3v) is 4.29. The van der Waals surface area contributed by atoms with Crippen LogP contribution in [0.25, 0.3) is 0 Å². The van der Waals surface area contributed by atoms with Crippen molar-refractivity contribution in [3.05, 3.63) is 58.5 Å². The van der Waals surface area contributed by atoms with Gasteiger partial charge in [0, 0.05) is 31.7 Å². The Labute approximate surface area is 167 Å². The van der Waals surface area contributed by atoms with Crippen LogP contribution in [-0.4, -0.2) is 38.0 Å². The Kier molecular flexibility index (Phi) is 8.59. The Hall–Kier alpha value is -2.76. The smallest absolute Gasteiger partial charge is 0.287 e. The van der Waals surface area contributed by atoms with E-state index in [1.54, 1.807) is 6.07 Å². The predicted octanol–water partition coefficient (Wildman–Crippen LogP) is 3.12. The number of benzene rings is 1. The van der Waals surface area contributed by atoms with Crippen molar-refractivity contribution in [1.29, 1.82) is 0 Å². The maximum atomic E-state index is 12.0. The summed E-state index contributed by atoms with van der Waals surface area (Å²) in [6, 6.07) is 8.42. The third-order valence-electron chi connectivity index (χ3n) is 4.29. The summed E-state index contributed by atoms with van der Waals surface area (Å²) in [5.74, 6) is 1.01. The zero-order valence-corrected chi connectivity index (χ0v) is 17.4. The summed E-state index contributed by atoms with van der Waals surface area (Å²) in [5, 5.41) is 9.50. The SMILES string of the molecule is CCNC(=NCCCNC(=O)c1occc1C)NCCc1cc(C)cc(C)c1. The first-order valence-corrected chi connectivity index (χ1v) is 9.91. The third kappa shape index (κ3) is 7.10. The van der Waals surface area contributed by atoms with E-state index in [4.69, 9.17) is 4.42 Å². The molecule has 0 spiro atoms. The summed E-state index contributed by atoms with van der Waals surface area (Å²) in [5.41, 5.74) is 4.76. The molecule has 0 aliphatic heterocycles. The Morgan fingerprint density at radius 1 is 1.04 bits per heavy atom. The van der Waals surface area contributed by atoms with Crippen molar-refractivity contribution in [3.63, 3.8) is 0 Å². The summed E-state index contributed by atoms with van der Waals surface area (Å²) >= 11 is 0. The van der Waals surface area contributed by atoms with Gasteiger partial charge in [-0.2, -0.15) is 0 Å². The average molecular weight is 385 g/mol. The zero-order chi connectivity index (χ0) is 20.4. The Balaban J connectivity index is 1.72. The van der Waals surface area contributed by atoms with Crippen molar-refractivity contribution < 1.29 is 9.21 Å². The second-order valence-corrected chi connectivity index (χ2v) is 6.98. The molecule has 0 aliphatic rings. The van der Waals surface area contributed by atoms with E-state index in [0.717, 1.165) is 37.5 Å². The fraction of sp³-hybridized carbons (Fsp3) is 0.455. The number of guanidine groups is 1. The predicted molar refractivity (Wildman–Crippen MR) is 114 cm³/mol. The van der Waals surface area contributed by atoms with E-state index in [9.17, 15) is 4.79 Å². The molecule has 0 fully saturated rings. The number of amides is 1. The summed E-state index contributed by atoms with van der Waals surface area (Å²) in [6.07, 6.45) is 3.24. The van der Waals surface area contributed by atoms with Crippen LogP contribution in [-0.2, 0) is 6.42 Å². The number of rotatable bonds is 9. The van der Waals surface area contributed by atoms with Gasteiger partial charge in [0.15, 0.2) is 11.7 Å². The molecule has 152 valence electrons. The molecule has 6 nitrogen and oxygen atoms in total. The van der Waals surface area contributed by atoms with Crippen LogP contribution in [0, 0.1) is 20.8 Å². The van der Waals surface area contributed by atoms with E-state index in [2.05, 4.69) is 53.0 Å². The highest BCUT2D eigenvalue weighted by molar-refractivity contribution is 5.92. The number of aliphatic imine (C=N–C) groups is 1. The van der Waals surface area contributed by atoms with Gasteiger partial charge in [-0.25, -0.2) is 0 Å². The van der Waals surface area contributed by atoms with E-state index in [1.165, 1.54) is 23.0 Å². The van der Waals surface area contributed by atoms with Crippen molar-refractivity contribution in [1.82, 2.24) is 16.0 Å². The van der Waals surface area contributed by atoms with Gasteiger partial charge in [-0.05, 0) is 52.2 Å². The standard InChI is InChI=1S/C22H32N4O2/c1-5-23-22(26-11-7-19-14-16(2)13-17(3)15-19)25-10-6-9-24-21(27)20-18(4)8-12-28-20/h8,12-15H,5-7,9-11H2,1-4H3,(H,24,27)(H2,23,25,26). The van der Waals surface area contributed by atoms with Gasteiger partial charge in [-0.1, -0.05) is 29.3 Å². The number of aryl methyl sites for hydroxylation is 3. The highest BCUT2D eigenvalue weighted by Crippen LogP contribution is 2.09. The largest absolute Gasteiger partial charge is 0.459 e. The molecule has 1 aromatic heterocycles. The van der Waals surface area contributed by atoms with Crippen LogP contribution in [0.15, 0.2) is 39.9 Å². The van der Waals surface area contributed by atoms with Crippen LogP contribution in [0.3, 0.4) is 0 Å². The van der Waals surface area contributed by atoms with Gasteiger partial charge >= 0.3 is 0 Å². The van der Waals surface area contributed by atoms with Crippen molar-refractivity contribution >= 4 is 11.9 Å². The number of hydrogen-bond acceptors (Lipinski definition) is 3. The monoisotopic (exact) mass is 384 g/mol. The molecule has 6 heteroatoms. The molecule has 0 radical (unpaired) electrons. The lowest BCUT2D eigenvalue weighted by Crippen LogP contribution is -2.38. The molecule has 0 bridgehead atoms. The fourth-order valence-corrected chi connectivity index (χ4v) is 3.04. The van der Waals surface area contributed by atoms with Crippen LogP contribution < -0.4 is 16.0 Å². The molecule has 0 saturated carbocycles. The number of hydrogen-bond donors (Lipinski definition) is 3. The maximum absolute atomic E-state index is 12.0. The Bertz CT molecular complexity index is 775. The highest BCUT2D eigenvalue weighted by Gasteiger charge is 2.11. The molecule has 1 amide bonds. The van der Waals surface area contributed by atoms with Gasteiger partial charge < -0.3 is 20.4 Å². The van der Waals surface area contributed by atoms with Crippen molar-refractivity contribution in [3.8, 4) is 0 Å². The normalized spacial score (nSPS) is 11.4. The molecule has 0 unspecified atom stereocenters. The molecule has 3 N–H and O–H groups in total. The fourth-order valence-electron chi connectivity index (χ4n) is 3.04. The maximum Gasteiger partial charge on any atom is 0.287 e. The minimum absolute atomic E-state index is 0.176. The zero-order valence-electron chi connectivity index (χ0n) is 17.4. The minimum atomic E-state index is -0.176. The molecule has 0 aliphatic carbocycles. The molecular weight excluding hydrogens is 352 g/mol. The number of nitrogens with zero attached hydrogens (tertiary/aromatic N) is 1. The summed E-state index contributed by atoms with van der Waals surface area (Å²) in [6.45, 7) is 11.0. The molecular formula is C22H32N4O2.